The molecule has 0 unspecified atom stereocenters. The highest BCUT2D eigenvalue weighted by Gasteiger charge is 2.22. The lowest BCUT2D eigenvalue weighted by Crippen LogP contribution is -1.96. The highest BCUT2D eigenvalue weighted by atomic mass is 15.0. The minimum atomic E-state index is 1.14. The normalized spacial score (nSPS) is 11.9. The van der Waals surface area contributed by atoms with Crippen LogP contribution in [0.4, 0.5) is 0 Å². The molecular weight excluding hydrogens is 691 g/mol. The predicted octanol–water partition coefficient (Wildman–Crippen LogP) is 14.3. The average Bonchev–Trinajstić information content (AvgIpc) is 3.92. The number of nitrogens with zero attached hydrogens (tertiary/aromatic N) is 3. The molecule has 0 atom stereocenters. The third-order valence-electron chi connectivity index (χ3n) is 11.8. The van der Waals surface area contributed by atoms with Gasteiger partial charge in [0, 0.05) is 49.4 Å². The molecule has 3 aromatic heterocycles. The zero-order valence-electron chi connectivity index (χ0n) is 31.0. The second kappa shape index (κ2) is 12.5. The highest BCUT2D eigenvalue weighted by molar-refractivity contribution is 6.26. The molecule has 266 valence electrons. The fourth-order valence-corrected chi connectivity index (χ4v) is 9.32. The summed E-state index contributed by atoms with van der Waals surface area (Å²) in [5.74, 6) is 0. The van der Waals surface area contributed by atoms with Gasteiger partial charge in [-0.15, -0.1) is 0 Å². The molecule has 9 aromatic carbocycles. The number of aromatic nitrogens is 3. The topological polar surface area (TPSA) is 14.8 Å². The molecule has 0 amide bonds. The molecule has 3 heteroatoms. The molecule has 57 heavy (non-hydrogen) atoms. The average molecular weight is 726 g/mol. The van der Waals surface area contributed by atoms with Crippen LogP contribution < -0.4 is 0 Å². The first-order chi connectivity index (χ1) is 28.3. The van der Waals surface area contributed by atoms with Crippen LogP contribution in [-0.2, 0) is 0 Å². The van der Waals surface area contributed by atoms with E-state index in [9.17, 15) is 0 Å². The molecule has 0 saturated carbocycles. The largest absolute Gasteiger partial charge is 0.309 e. The van der Waals surface area contributed by atoms with Crippen LogP contribution in [0.1, 0.15) is 0 Å². The van der Waals surface area contributed by atoms with E-state index in [2.05, 4.69) is 226 Å². The van der Waals surface area contributed by atoms with Crippen LogP contribution in [0.5, 0.6) is 0 Å². The molecule has 3 nitrogen and oxygen atoms in total. The molecule has 0 bridgehead atoms. The Bertz CT molecular complexity index is 3490. The molecule has 12 aromatic rings. The van der Waals surface area contributed by atoms with E-state index in [1.54, 1.807) is 0 Å². The van der Waals surface area contributed by atoms with Gasteiger partial charge in [0.1, 0.15) is 0 Å². The minimum absolute atomic E-state index is 1.14. The Morgan fingerprint density at radius 3 is 1.42 bits per heavy atom. The molecule has 0 N–H and O–H groups in total. The maximum Gasteiger partial charge on any atom is 0.0641 e. The van der Waals surface area contributed by atoms with Gasteiger partial charge in [-0.3, -0.25) is 0 Å². The van der Waals surface area contributed by atoms with Crippen LogP contribution in [0, 0.1) is 0 Å². The zero-order chi connectivity index (χ0) is 37.5. The van der Waals surface area contributed by atoms with Crippen molar-refractivity contribution in [1.29, 1.82) is 0 Å². The zero-order valence-corrected chi connectivity index (χ0v) is 31.0. The lowest BCUT2D eigenvalue weighted by molar-refractivity contribution is 1.16. The van der Waals surface area contributed by atoms with Gasteiger partial charge in [-0.2, -0.15) is 0 Å². The van der Waals surface area contributed by atoms with Gasteiger partial charge in [-0.05, 0) is 89.0 Å². The Balaban J connectivity index is 1.10. The van der Waals surface area contributed by atoms with E-state index in [0.717, 1.165) is 17.1 Å². The van der Waals surface area contributed by atoms with Crippen LogP contribution in [0.2, 0.25) is 0 Å². The number of para-hydroxylation sites is 3. The fourth-order valence-electron chi connectivity index (χ4n) is 9.32. The van der Waals surface area contributed by atoms with E-state index in [0.29, 0.717) is 0 Å². The van der Waals surface area contributed by atoms with Crippen LogP contribution in [0.25, 0.3) is 105 Å². The number of hydrogen-bond acceptors (Lipinski definition) is 0. The van der Waals surface area contributed by atoms with Gasteiger partial charge >= 0.3 is 0 Å². The van der Waals surface area contributed by atoms with E-state index in [1.165, 1.54) is 87.7 Å². The molecule has 0 aliphatic rings. The van der Waals surface area contributed by atoms with E-state index in [-0.39, 0.29) is 0 Å². The van der Waals surface area contributed by atoms with E-state index < -0.39 is 0 Å². The quantitative estimate of drug-likeness (QED) is 0.168. The Morgan fingerprint density at radius 1 is 0.228 bits per heavy atom. The van der Waals surface area contributed by atoms with Gasteiger partial charge in [0.05, 0.1) is 33.1 Å². The molecule has 0 aliphatic carbocycles. The summed E-state index contributed by atoms with van der Waals surface area (Å²) in [5, 5.41) is 7.47. The summed E-state index contributed by atoms with van der Waals surface area (Å²) in [6, 6.07) is 77.4. The van der Waals surface area contributed by atoms with Gasteiger partial charge in [0.15, 0.2) is 0 Å². The van der Waals surface area contributed by atoms with Crippen LogP contribution >= 0.6 is 0 Å². The van der Waals surface area contributed by atoms with Gasteiger partial charge in [-0.1, -0.05) is 146 Å². The van der Waals surface area contributed by atoms with E-state index >= 15 is 0 Å². The molecule has 0 aliphatic heterocycles. The van der Waals surface area contributed by atoms with Gasteiger partial charge in [-0.25, -0.2) is 0 Å². The minimum Gasteiger partial charge on any atom is -0.309 e. The van der Waals surface area contributed by atoms with Crippen LogP contribution in [0.15, 0.2) is 212 Å². The van der Waals surface area contributed by atoms with Crippen molar-refractivity contribution >= 4 is 65.4 Å². The van der Waals surface area contributed by atoms with Crippen molar-refractivity contribution in [2.75, 3.05) is 0 Å². The van der Waals surface area contributed by atoms with Crippen molar-refractivity contribution in [3.05, 3.63) is 212 Å². The number of hydrogen-bond donors (Lipinski definition) is 0. The molecule has 0 fully saturated rings. The van der Waals surface area contributed by atoms with E-state index in [4.69, 9.17) is 0 Å². The van der Waals surface area contributed by atoms with Gasteiger partial charge < -0.3 is 13.7 Å². The van der Waals surface area contributed by atoms with Crippen molar-refractivity contribution in [2.24, 2.45) is 0 Å². The first-order valence-corrected chi connectivity index (χ1v) is 19.6. The van der Waals surface area contributed by atoms with Crippen molar-refractivity contribution in [1.82, 2.24) is 13.7 Å². The maximum absolute atomic E-state index is 2.48. The van der Waals surface area contributed by atoms with Crippen LogP contribution in [0.3, 0.4) is 0 Å². The fraction of sp³-hybridized carbons (Fsp3) is 0. The smallest absolute Gasteiger partial charge is 0.0641 e. The standard InChI is InChI=1S/C54H35N3/c1-3-14-36(15-4-1)38-26-28-40(29-27-38)55-48-23-10-8-21-44(48)47-35-42(30-32-51(47)55)56-50-25-12-9-22-46(50)53-52(56)33-31-45-43-20-7-11-24-49(43)57(54(45)53)41-19-13-18-39(34-41)37-16-5-2-6-17-37/h1-35H. The highest BCUT2D eigenvalue weighted by Crippen LogP contribution is 2.43. The van der Waals surface area contributed by atoms with Crippen molar-refractivity contribution < 1.29 is 0 Å². The predicted molar refractivity (Wildman–Crippen MR) is 240 cm³/mol. The third-order valence-corrected chi connectivity index (χ3v) is 11.8. The van der Waals surface area contributed by atoms with Crippen molar-refractivity contribution in [3.8, 4) is 39.3 Å². The second-order valence-electron chi connectivity index (χ2n) is 14.9. The first kappa shape index (κ1) is 31.7. The molecule has 0 saturated heterocycles. The molecule has 12 rings (SSSR count). The molecular formula is C54H35N3. The SMILES string of the molecule is c1ccc(-c2ccc(-n3c4ccccc4c4cc(-n5c6ccccc6c6c5ccc5c7ccccc7n(-c7cccc(-c8ccccc8)c7)c56)ccc43)cc2)cc1. The van der Waals surface area contributed by atoms with Crippen LogP contribution in [-0.4, -0.2) is 13.7 Å². The summed E-state index contributed by atoms with van der Waals surface area (Å²) < 4.78 is 7.35. The van der Waals surface area contributed by atoms with Gasteiger partial charge in [0.25, 0.3) is 0 Å². The lowest BCUT2D eigenvalue weighted by Gasteiger charge is -2.12. The summed E-state index contributed by atoms with van der Waals surface area (Å²) in [5.41, 5.74) is 15.5. The number of rotatable bonds is 5. The number of benzene rings is 9. The lowest BCUT2D eigenvalue weighted by atomic mass is 10.0. The monoisotopic (exact) mass is 725 g/mol. The van der Waals surface area contributed by atoms with Crippen molar-refractivity contribution in [3.63, 3.8) is 0 Å². The first-order valence-electron chi connectivity index (χ1n) is 19.6. The Morgan fingerprint density at radius 2 is 0.702 bits per heavy atom. The summed E-state index contributed by atoms with van der Waals surface area (Å²) >= 11 is 0. The Kier molecular flexibility index (Phi) is 6.93. The van der Waals surface area contributed by atoms with E-state index in [1.807, 2.05) is 0 Å². The maximum atomic E-state index is 2.48. The summed E-state index contributed by atoms with van der Waals surface area (Å²) in [4.78, 5) is 0. The Hall–Kier alpha value is -7.62. The van der Waals surface area contributed by atoms with Crippen molar-refractivity contribution in [2.45, 2.75) is 0 Å². The van der Waals surface area contributed by atoms with Gasteiger partial charge in [0.2, 0.25) is 0 Å². The number of fused-ring (bicyclic) bond motifs is 10. The Labute approximate surface area is 329 Å². The summed E-state index contributed by atoms with van der Waals surface area (Å²) in [7, 11) is 0. The summed E-state index contributed by atoms with van der Waals surface area (Å²) in [6.45, 7) is 0. The third kappa shape index (κ3) is 4.79. The molecule has 3 heterocycles. The second-order valence-corrected chi connectivity index (χ2v) is 14.9. The molecule has 0 radical (unpaired) electrons. The molecule has 0 spiro atoms. The summed E-state index contributed by atoms with van der Waals surface area (Å²) in [6.07, 6.45) is 0.